The minimum Gasteiger partial charge on any atom is -0.372 e. The van der Waals surface area contributed by atoms with Gasteiger partial charge in [-0.05, 0) is 56.2 Å². The second kappa shape index (κ2) is 5.67. The summed E-state index contributed by atoms with van der Waals surface area (Å²) in [5.41, 5.74) is 2.09. The van der Waals surface area contributed by atoms with Gasteiger partial charge < -0.3 is 10.2 Å². The van der Waals surface area contributed by atoms with Crippen LogP contribution in [0.2, 0.25) is 0 Å². The van der Waals surface area contributed by atoms with Gasteiger partial charge in [-0.25, -0.2) is 0 Å². The van der Waals surface area contributed by atoms with Crippen LogP contribution < -0.4 is 10.2 Å². The fourth-order valence-electron chi connectivity index (χ4n) is 2.48. The number of aryl methyl sites for hydroxylation is 1. The molecule has 0 radical (unpaired) electrons. The summed E-state index contributed by atoms with van der Waals surface area (Å²) >= 11 is 1.52. The lowest BCUT2D eigenvalue weighted by Gasteiger charge is -2.17. The molecule has 2 aromatic rings. The summed E-state index contributed by atoms with van der Waals surface area (Å²) in [6, 6.07) is 12.0. The predicted molar refractivity (Wildman–Crippen MR) is 84.9 cm³/mol. The van der Waals surface area contributed by atoms with E-state index in [0.29, 0.717) is 0 Å². The van der Waals surface area contributed by atoms with Crippen LogP contribution in [0.15, 0.2) is 36.4 Å². The maximum Gasteiger partial charge on any atom is 0.265 e. The van der Waals surface area contributed by atoms with Crippen molar-refractivity contribution in [3.05, 3.63) is 46.2 Å². The minimum atomic E-state index is -0.0305. The molecule has 1 N–H and O–H groups in total. The van der Waals surface area contributed by atoms with Crippen LogP contribution in [-0.4, -0.2) is 19.0 Å². The first-order valence-corrected chi connectivity index (χ1v) is 7.77. The van der Waals surface area contributed by atoms with Crippen LogP contribution >= 0.6 is 11.3 Å². The molecule has 4 heteroatoms. The molecule has 1 aliphatic rings. The molecule has 3 nitrogen and oxygen atoms in total. The quantitative estimate of drug-likeness (QED) is 0.928. The molecule has 0 saturated carbocycles. The van der Waals surface area contributed by atoms with Crippen molar-refractivity contribution in [1.29, 1.82) is 0 Å². The molecule has 2 heterocycles. The number of nitrogens with zero attached hydrogens (tertiary/aromatic N) is 1. The van der Waals surface area contributed by atoms with Crippen molar-refractivity contribution in [3.63, 3.8) is 0 Å². The molecule has 1 fully saturated rings. The molecular formula is C16H18N2OS. The van der Waals surface area contributed by atoms with Crippen LogP contribution in [0.5, 0.6) is 0 Å². The normalized spacial score (nSPS) is 14.6. The highest BCUT2D eigenvalue weighted by Crippen LogP contribution is 2.23. The highest BCUT2D eigenvalue weighted by Gasteiger charge is 2.12. The van der Waals surface area contributed by atoms with Crippen molar-refractivity contribution in [2.45, 2.75) is 19.8 Å². The van der Waals surface area contributed by atoms with Crippen LogP contribution in [0.4, 0.5) is 11.4 Å². The Morgan fingerprint density at radius 3 is 2.40 bits per heavy atom. The Kier molecular flexibility index (Phi) is 3.74. The number of nitrogens with one attached hydrogen (secondary N) is 1. The highest BCUT2D eigenvalue weighted by atomic mass is 32.1. The Balaban J connectivity index is 1.67. The molecule has 0 aliphatic carbocycles. The largest absolute Gasteiger partial charge is 0.372 e. The average Bonchev–Trinajstić information content (AvgIpc) is 3.10. The zero-order chi connectivity index (χ0) is 13.9. The lowest BCUT2D eigenvalue weighted by Crippen LogP contribution is -2.17. The van der Waals surface area contributed by atoms with Crippen LogP contribution in [0, 0.1) is 6.92 Å². The highest BCUT2D eigenvalue weighted by molar-refractivity contribution is 7.14. The molecule has 1 aliphatic heterocycles. The van der Waals surface area contributed by atoms with Gasteiger partial charge in [0.05, 0.1) is 4.88 Å². The number of anilines is 2. The molecule has 0 bridgehead atoms. The van der Waals surface area contributed by atoms with Gasteiger partial charge in [0, 0.05) is 29.3 Å². The smallest absolute Gasteiger partial charge is 0.265 e. The van der Waals surface area contributed by atoms with E-state index in [1.165, 1.54) is 29.9 Å². The predicted octanol–water partition coefficient (Wildman–Crippen LogP) is 3.91. The van der Waals surface area contributed by atoms with Gasteiger partial charge in [0.2, 0.25) is 0 Å². The van der Waals surface area contributed by atoms with Gasteiger partial charge in [-0.2, -0.15) is 0 Å². The zero-order valence-corrected chi connectivity index (χ0v) is 12.4. The summed E-state index contributed by atoms with van der Waals surface area (Å²) in [7, 11) is 0. The topological polar surface area (TPSA) is 32.3 Å². The van der Waals surface area contributed by atoms with E-state index in [1.807, 2.05) is 31.2 Å². The lowest BCUT2D eigenvalue weighted by atomic mass is 10.2. The molecule has 1 aromatic heterocycles. The van der Waals surface area contributed by atoms with Gasteiger partial charge in [0.1, 0.15) is 0 Å². The molecule has 0 unspecified atom stereocenters. The lowest BCUT2D eigenvalue weighted by molar-refractivity contribution is 0.103. The third-order valence-corrected chi connectivity index (χ3v) is 4.56. The van der Waals surface area contributed by atoms with Crippen molar-refractivity contribution >= 4 is 28.6 Å². The number of amides is 1. The maximum atomic E-state index is 12.1. The summed E-state index contributed by atoms with van der Waals surface area (Å²) in [5, 5.41) is 2.94. The van der Waals surface area contributed by atoms with E-state index in [4.69, 9.17) is 0 Å². The fourth-order valence-corrected chi connectivity index (χ4v) is 3.24. The van der Waals surface area contributed by atoms with E-state index in [2.05, 4.69) is 22.3 Å². The average molecular weight is 286 g/mol. The van der Waals surface area contributed by atoms with E-state index < -0.39 is 0 Å². The minimum absolute atomic E-state index is 0.0305. The first kappa shape index (κ1) is 13.2. The number of hydrogen-bond acceptors (Lipinski definition) is 3. The van der Waals surface area contributed by atoms with Crippen molar-refractivity contribution in [2.24, 2.45) is 0 Å². The molecule has 20 heavy (non-hydrogen) atoms. The zero-order valence-electron chi connectivity index (χ0n) is 11.6. The molecular weight excluding hydrogens is 268 g/mol. The van der Waals surface area contributed by atoms with Gasteiger partial charge in [-0.15, -0.1) is 11.3 Å². The van der Waals surface area contributed by atoms with E-state index >= 15 is 0 Å². The van der Waals surface area contributed by atoms with Crippen molar-refractivity contribution in [1.82, 2.24) is 0 Å². The van der Waals surface area contributed by atoms with Crippen LogP contribution in [-0.2, 0) is 0 Å². The van der Waals surface area contributed by atoms with Crippen molar-refractivity contribution < 1.29 is 4.79 Å². The number of carbonyl (C=O) groups is 1. The number of thiophene rings is 1. The molecule has 1 aromatic carbocycles. The van der Waals surface area contributed by atoms with E-state index in [1.54, 1.807) is 0 Å². The summed E-state index contributed by atoms with van der Waals surface area (Å²) in [4.78, 5) is 16.3. The van der Waals surface area contributed by atoms with E-state index in [9.17, 15) is 4.79 Å². The Morgan fingerprint density at radius 2 is 1.80 bits per heavy atom. The molecule has 0 spiro atoms. The number of rotatable bonds is 3. The third-order valence-electron chi connectivity index (χ3n) is 3.56. The Bertz CT molecular complexity index is 597. The van der Waals surface area contributed by atoms with Crippen LogP contribution in [0.25, 0.3) is 0 Å². The van der Waals surface area contributed by atoms with Crippen molar-refractivity contribution in [2.75, 3.05) is 23.3 Å². The summed E-state index contributed by atoms with van der Waals surface area (Å²) in [6.07, 6.45) is 2.55. The van der Waals surface area contributed by atoms with Crippen molar-refractivity contribution in [3.8, 4) is 0 Å². The molecule has 1 saturated heterocycles. The summed E-state index contributed by atoms with van der Waals surface area (Å²) < 4.78 is 0. The number of hydrogen-bond donors (Lipinski definition) is 1. The Hall–Kier alpha value is -1.81. The second-order valence-electron chi connectivity index (χ2n) is 5.11. The summed E-state index contributed by atoms with van der Waals surface area (Å²) in [6.45, 7) is 4.28. The van der Waals surface area contributed by atoms with Gasteiger partial charge >= 0.3 is 0 Å². The second-order valence-corrected chi connectivity index (χ2v) is 6.39. The fraction of sp³-hybridized carbons (Fsp3) is 0.312. The molecule has 1 amide bonds. The number of carbonyl (C=O) groups excluding carboxylic acids is 1. The first-order chi connectivity index (χ1) is 9.72. The molecule has 3 rings (SSSR count). The summed E-state index contributed by atoms with van der Waals surface area (Å²) in [5.74, 6) is -0.0305. The van der Waals surface area contributed by atoms with E-state index in [-0.39, 0.29) is 5.91 Å². The van der Waals surface area contributed by atoms with Gasteiger partial charge in [0.15, 0.2) is 0 Å². The molecule has 104 valence electrons. The van der Waals surface area contributed by atoms with Crippen LogP contribution in [0.1, 0.15) is 27.4 Å². The first-order valence-electron chi connectivity index (χ1n) is 6.95. The SMILES string of the molecule is Cc1ccc(C(=O)Nc2ccc(N3CCCC3)cc2)s1. The standard InChI is InChI=1S/C16H18N2OS/c1-12-4-9-15(20-12)16(19)17-13-5-7-14(8-6-13)18-10-2-3-11-18/h4-9H,2-3,10-11H2,1H3,(H,17,19). The van der Waals surface area contributed by atoms with Crippen LogP contribution in [0.3, 0.4) is 0 Å². The van der Waals surface area contributed by atoms with Gasteiger partial charge in [-0.1, -0.05) is 0 Å². The van der Waals surface area contributed by atoms with E-state index in [0.717, 1.165) is 28.5 Å². The molecule has 0 atom stereocenters. The maximum absolute atomic E-state index is 12.1. The third kappa shape index (κ3) is 2.85. The van der Waals surface area contributed by atoms with Gasteiger partial charge in [0.25, 0.3) is 5.91 Å². The number of benzene rings is 1. The Labute approximate surface area is 123 Å². The Morgan fingerprint density at radius 1 is 1.10 bits per heavy atom. The van der Waals surface area contributed by atoms with Gasteiger partial charge in [-0.3, -0.25) is 4.79 Å². The monoisotopic (exact) mass is 286 g/mol.